The van der Waals surface area contributed by atoms with Crippen molar-refractivity contribution in [3.8, 4) is 0 Å². The molecule has 1 fully saturated rings. The molecule has 0 unspecified atom stereocenters. The molecule has 1 saturated carbocycles. The summed E-state index contributed by atoms with van der Waals surface area (Å²) in [4.78, 5) is 15.3. The van der Waals surface area contributed by atoms with Crippen molar-refractivity contribution in [1.29, 1.82) is 0 Å². The van der Waals surface area contributed by atoms with Crippen LogP contribution in [-0.4, -0.2) is 29.6 Å². The molecular weight excluding hydrogens is 222 g/mol. The number of nitrogens with two attached hydrogens (primary N) is 1. The highest BCUT2D eigenvalue weighted by Gasteiger charge is 2.32. The number of nitrogens with zero attached hydrogens (tertiary/aromatic N) is 1. The maximum atomic E-state index is 11.3. The van der Waals surface area contributed by atoms with Gasteiger partial charge in [0.2, 0.25) is 0 Å². The zero-order valence-electron chi connectivity index (χ0n) is 9.86. The van der Waals surface area contributed by atoms with E-state index in [1.807, 2.05) is 0 Å². The Morgan fingerprint density at radius 1 is 1.71 bits per heavy atom. The van der Waals surface area contributed by atoms with E-state index in [1.54, 1.807) is 6.92 Å². The van der Waals surface area contributed by atoms with Crippen LogP contribution in [0, 0.1) is 0 Å². The lowest BCUT2D eigenvalue weighted by Gasteiger charge is -2.37. The average molecular weight is 239 g/mol. The van der Waals surface area contributed by atoms with Gasteiger partial charge < -0.3 is 20.2 Å². The molecule has 0 aromatic carbocycles. The standard InChI is InChI=1S/C11H17N3O3/c1-2-16-9(15)8-6-17-10(14-8)13-7-11(12)4-3-5-11/h6H,2-5,7,12H2,1H3,(H,13,14). The van der Waals surface area contributed by atoms with Gasteiger partial charge in [-0.25, -0.2) is 4.79 Å². The van der Waals surface area contributed by atoms with Crippen molar-refractivity contribution in [2.45, 2.75) is 31.7 Å². The summed E-state index contributed by atoms with van der Waals surface area (Å²) < 4.78 is 9.92. The first kappa shape index (κ1) is 11.9. The summed E-state index contributed by atoms with van der Waals surface area (Å²) in [6, 6.07) is 0.310. The minimum Gasteiger partial charge on any atom is -0.461 e. The van der Waals surface area contributed by atoms with Crippen molar-refractivity contribution in [2.24, 2.45) is 5.73 Å². The summed E-state index contributed by atoms with van der Waals surface area (Å²) in [6.45, 7) is 2.67. The lowest BCUT2D eigenvalue weighted by molar-refractivity contribution is 0.0519. The molecule has 3 N–H and O–H groups in total. The van der Waals surface area contributed by atoms with E-state index in [2.05, 4.69) is 10.3 Å². The summed E-state index contributed by atoms with van der Waals surface area (Å²) >= 11 is 0. The van der Waals surface area contributed by atoms with Crippen LogP contribution in [0.1, 0.15) is 36.7 Å². The molecule has 0 aliphatic heterocycles. The second-order valence-electron chi connectivity index (χ2n) is 4.33. The van der Waals surface area contributed by atoms with Crippen LogP contribution < -0.4 is 11.1 Å². The van der Waals surface area contributed by atoms with Crippen LogP contribution in [0.25, 0.3) is 0 Å². The Hall–Kier alpha value is -1.56. The van der Waals surface area contributed by atoms with E-state index in [4.69, 9.17) is 14.9 Å². The van der Waals surface area contributed by atoms with Crippen LogP contribution in [0.2, 0.25) is 0 Å². The van der Waals surface area contributed by atoms with Gasteiger partial charge in [-0.05, 0) is 26.2 Å². The highest BCUT2D eigenvalue weighted by Crippen LogP contribution is 2.29. The molecule has 6 nitrogen and oxygen atoms in total. The summed E-state index contributed by atoms with van der Waals surface area (Å²) in [5, 5.41) is 2.99. The number of carbonyl (C=O) groups excluding carboxylic acids is 1. The van der Waals surface area contributed by atoms with Crippen molar-refractivity contribution in [3.63, 3.8) is 0 Å². The lowest BCUT2D eigenvalue weighted by Crippen LogP contribution is -2.52. The fourth-order valence-electron chi connectivity index (χ4n) is 1.71. The van der Waals surface area contributed by atoms with Gasteiger partial charge in [0.1, 0.15) is 6.26 Å². The third kappa shape index (κ3) is 2.76. The highest BCUT2D eigenvalue weighted by atomic mass is 16.5. The summed E-state index contributed by atoms with van der Waals surface area (Å²) in [6.07, 6.45) is 4.46. The summed E-state index contributed by atoms with van der Waals surface area (Å²) in [5.74, 6) is -0.476. The molecule has 1 aromatic rings. The molecule has 0 saturated heterocycles. The van der Waals surface area contributed by atoms with E-state index in [9.17, 15) is 4.79 Å². The summed E-state index contributed by atoms with van der Waals surface area (Å²) in [5.41, 5.74) is 6.06. The number of ether oxygens (including phenoxy) is 1. The SMILES string of the molecule is CCOC(=O)c1coc(NCC2(N)CCC2)n1. The Morgan fingerprint density at radius 2 is 2.47 bits per heavy atom. The quantitative estimate of drug-likeness (QED) is 0.749. The maximum Gasteiger partial charge on any atom is 0.360 e. The number of aromatic nitrogens is 1. The van der Waals surface area contributed by atoms with Gasteiger partial charge >= 0.3 is 5.97 Å². The molecule has 0 radical (unpaired) electrons. The number of hydrogen-bond donors (Lipinski definition) is 2. The van der Waals surface area contributed by atoms with Crippen molar-refractivity contribution >= 4 is 12.0 Å². The molecule has 94 valence electrons. The lowest BCUT2D eigenvalue weighted by atomic mass is 9.78. The Labute approximate surface area is 99.5 Å². The normalized spacial score (nSPS) is 17.3. The molecule has 0 spiro atoms. The van der Waals surface area contributed by atoms with Gasteiger partial charge in [-0.2, -0.15) is 4.98 Å². The average Bonchev–Trinajstić information content (AvgIpc) is 2.73. The van der Waals surface area contributed by atoms with Gasteiger partial charge in [0, 0.05) is 12.1 Å². The number of rotatable bonds is 5. The van der Waals surface area contributed by atoms with E-state index in [-0.39, 0.29) is 11.2 Å². The number of anilines is 1. The minimum absolute atomic E-state index is 0.154. The van der Waals surface area contributed by atoms with Crippen LogP contribution in [-0.2, 0) is 4.74 Å². The number of hydrogen-bond acceptors (Lipinski definition) is 6. The largest absolute Gasteiger partial charge is 0.461 e. The zero-order valence-corrected chi connectivity index (χ0v) is 9.86. The Morgan fingerprint density at radius 3 is 3.06 bits per heavy atom. The first-order valence-corrected chi connectivity index (χ1v) is 5.78. The Balaban J connectivity index is 1.87. The molecule has 1 aliphatic carbocycles. The van der Waals surface area contributed by atoms with Gasteiger partial charge in [-0.1, -0.05) is 0 Å². The number of esters is 1. The monoisotopic (exact) mass is 239 g/mol. The Kier molecular flexibility index (Phi) is 3.33. The van der Waals surface area contributed by atoms with Crippen LogP contribution in [0.3, 0.4) is 0 Å². The smallest absolute Gasteiger partial charge is 0.360 e. The first-order valence-electron chi connectivity index (χ1n) is 5.78. The molecule has 0 atom stereocenters. The molecule has 1 aliphatic rings. The molecule has 17 heavy (non-hydrogen) atoms. The topological polar surface area (TPSA) is 90.4 Å². The van der Waals surface area contributed by atoms with Crippen molar-refractivity contribution in [2.75, 3.05) is 18.5 Å². The molecule has 2 rings (SSSR count). The second-order valence-corrected chi connectivity index (χ2v) is 4.33. The predicted molar refractivity (Wildman–Crippen MR) is 61.7 cm³/mol. The number of oxazole rings is 1. The van der Waals surface area contributed by atoms with Gasteiger partial charge in [0.15, 0.2) is 5.69 Å². The number of nitrogens with one attached hydrogen (secondary N) is 1. The van der Waals surface area contributed by atoms with Gasteiger partial charge in [-0.3, -0.25) is 0 Å². The molecule has 0 bridgehead atoms. The van der Waals surface area contributed by atoms with Crippen molar-refractivity contribution in [3.05, 3.63) is 12.0 Å². The van der Waals surface area contributed by atoms with E-state index in [1.165, 1.54) is 6.26 Å². The van der Waals surface area contributed by atoms with Crippen LogP contribution in [0.15, 0.2) is 10.7 Å². The van der Waals surface area contributed by atoms with Crippen LogP contribution in [0.4, 0.5) is 6.01 Å². The third-order valence-electron chi connectivity index (χ3n) is 2.93. The van der Waals surface area contributed by atoms with Gasteiger partial charge in [-0.15, -0.1) is 0 Å². The van der Waals surface area contributed by atoms with Crippen LogP contribution in [0.5, 0.6) is 0 Å². The van der Waals surface area contributed by atoms with E-state index in [0.717, 1.165) is 19.3 Å². The first-order chi connectivity index (χ1) is 8.13. The molecule has 1 aromatic heterocycles. The summed E-state index contributed by atoms with van der Waals surface area (Å²) in [7, 11) is 0. The van der Waals surface area contributed by atoms with Crippen LogP contribution >= 0.6 is 0 Å². The van der Waals surface area contributed by atoms with Crippen molar-refractivity contribution < 1.29 is 13.9 Å². The number of carbonyl (C=O) groups is 1. The van der Waals surface area contributed by atoms with E-state index >= 15 is 0 Å². The maximum absolute atomic E-state index is 11.3. The minimum atomic E-state index is -0.476. The van der Waals surface area contributed by atoms with Gasteiger partial charge in [0.05, 0.1) is 6.61 Å². The third-order valence-corrected chi connectivity index (χ3v) is 2.93. The molecule has 1 heterocycles. The van der Waals surface area contributed by atoms with E-state index < -0.39 is 5.97 Å². The van der Waals surface area contributed by atoms with E-state index in [0.29, 0.717) is 19.2 Å². The van der Waals surface area contributed by atoms with Gasteiger partial charge in [0.25, 0.3) is 6.01 Å². The fraction of sp³-hybridized carbons (Fsp3) is 0.636. The molecule has 0 amide bonds. The second kappa shape index (κ2) is 4.75. The zero-order chi connectivity index (χ0) is 12.3. The Bertz CT molecular complexity index is 398. The predicted octanol–water partition coefficient (Wildman–Crippen LogP) is 1.14. The molecular formula is C11H17N3O3. The highest BCUT2D eigenvalue weighted by molar-refractivity contribution is 5.87. The fourth-order valence-corrected chi connectivity index (χ4v) is 1.71. The molecule has 6 heteroatoms. The van der Waals surface area contributed by atoms with Crippen molar-refractivity contribution in [1.82, 2.24) is 4.98 Å².